The summed E-state index contributed by atoms with van der Waals surface area (Å²) in [6.07, 6.45) is 0. The Kier molecular flexibility index (Phi) is 3.69. The summed E-state index contributed by atoms with van der Waals surface area (Å²) < 4.78 is 22.5. The van der Waals surface area contributed by atoms with Crippen LogP contribution in [0.5, 0.6) is 0 Å². The van der Waals surface area contributed by atoms with E-state index in [0.29, 0.717) is 11.4 Å². The number of nitrogens with one attached hydrogen (secondary N) is 1. The Bertz CT molecular complexity index is 755. The zero-order valence-corrected chi connectivity index (χ0v) is 12.2. The first-order valence-electron chi connectivity index (χ1n) is 6.04. The Hall–Kier alpha value is -2.05. The number of rotatable bonds is 3. The number of anilines is 3. The third kappa shape index (κ3) is 3.09. The summed E-state index contributed by atoms with van der Waals surface area (Å²) >= 11 is 0. The fourth-order valence-corrected chi connectivity index (χ4v) is 2.36. The van der Waals surface area contributed by atoms with Crippen LogP contribution >= 0.6 is 0 Å². The van der Waals surface area contributed by atoms with Gasteiger partial charge in [-0.3, -0.25) is 0 Å². The van der Waals surface area contributed by atoms with Crippen molar-refractivity contribution in [2.24, 2.45) is 5.14 Å². The van der Waals surface area contributed by atoms with Crippen LogP contribution in [0.1, 0.15) is 11.1 Å². The van der Waals surface area contributed by atoms with Gasteiger partial charge >= 0.3 is 0 Å². The highest BCUT2D eigenvalue weighted by Crippen LogP contribution is 2.26. The van der Waals surface area contributed by atoms with E-state index in [0.717, 1.165) is 11.3 Å². The summed E-state index contributed by atoms with van der Waals surface area (Å²) in [6, 6.07) is 10.3. The lowest BCUT2D eigenvalue weighted by atomic mass is 10.1. The number of primary sulfonamides is 1. The van der Waals surface area contributed by atoms with Crippen molar-refractivity contribution in [1.29, 1.82) is 0 Å². The van der Waals surface area contributed by atoms with Crippen molar-refractivity contribution in [3.05, 3.63) is 47.5 Å². The van der Waals surface area contributed by atoms with Crippen molar-refractivity contribution in [3.8, 4) is 0 Å². The van der Waals surface area contributed by atoms with Crippen LogP contribution in [0.2, 0.25) is 0 Å². The highest BCUT2D eigenvalue weighted by Gasteiger charge is 2.10. The van der Waals surface area contributed by atoms with Crippen LogP contribution < -0.4 is 16.2 Å². The molecular weight excluding hydrogens is 274 g/mol. The fraction of sp³-hybridized carbons (Fsp3) is 0.143. The second-order valence-electron chi connectivity index (χ2n) is 4.72. The molecule has 2 rings (SSSR count). The van der Waals surface area contributed by atoms with Crippen molar-refractivity contribution in [2.45, 2.75) is 18.7 Å². The molecule has 0 saturated carbocycles. The molecule has 2 aromatic rings. The molecular formula is C14H17N3O2S. The Morgan fingerprint density at radius 1 is 1.00 bits per heavy atom. The number of nitrogen functional groups attached to an aromatic ring is 1. The molecule has 0 saturated heterocycles. The van der Waals surface area contributed by atoms with Crippen LogP contribution in [-0.4, -0.2) is 8.42 Å². The molecule has 0 fully saturated rings. The molecule has 5 nitrogen and oxygen atoms in total. The maximum absolute atomic E-state index is 11.2. The van der Waals surface area contributed by atoms with Gasteiger partial charge in [0.2, 0.25) is 10.0 Å². The molecule has 0 aliphatic carbocycles. The van der Waals surface area contributed by atoms with Crippen LogP contribution in [0.15, 0.2) is 41.3 Å². The molecule has 6 heteroatoms. The minimum absolute atomic E-state index is 0.000590. The predicted octanol–water partition coefficient (Wildman–Crippen LogP) is 2.28. The van der Waals surface area contributed by atoms with E-state index in [1.165, 1.54) is 17.7 Å². The smallest absolute Gasteiger partial charge is 0.238 e. The number of benzene rings is 2. The van der Waals surface area contributed by atoms with E-state index in [4.69, 9.17) is 10.9 Å². The zero-order valence-electron chi connectivity index (χ0n) is 11.3. The van der Waals surface area contributed by atoms with Crippen LogP contribution in [0.4, 0.5) is 17.1 Å². The van der Waals surface area contributed by atoms with Crippen LogP contribution in [0, 0.1) is 13.8 Å². The maximum Gasteiger partial charge on any atom is 0.238 e. The van der Waals surface area contributed by atoms with E-state index in [1.807, 2.05) is 32.0 Å². The minimum Gasteiger partial charge on any atom is -0.397 e. The van der Waals surface area contributed by atoms with Gasteiger partial charge in [-0.1, -0.05) is 6.07 Å². The molecule has 0 atom stereocenters. The third-order valence-corrected chi connectivity index (χ3v) is 4.05. The van der Waals surface area contributed by atoms with Gasteiger partial charge in [0, 0.05) is 5.69 Å². The topological polar surface area (TPSA) is 98.2 Å². The van der Waals surface area contributed by atoms with E-state index in [1.54, 1.807) is 6.07 Å². The van der Waals surface area contributed by atoms with Gasteiger partial charge in [0.05, 0.1) is 16.3 Å². The third-order valence-electron chi connectivity index (χ3n) is 3.14. The molecule has 0 amide bonds. The van der Waals surface area contributed by atoms with E-state index < -0.39 is 10.0 Å². The zero-order chi connectivity index (χ0) is 14.9. The van der Waals surface area contributed by atoms with Gasteiger partial charge in [-0.25, -0.2) is 13.6 Å². The predicted molar refractivity (Wildman–Crippen MR) is 81.4 cm³/mol. The van der Waals surface area contributed by atoms with Gasteiger partial charge < -0.3 is 11.1 Å². The lowest BCUT2D eigenvalue weighted by Gasteiger charge is -2.12. The molecule has 106 valence electrons. The molecule has 20 heavy (non-hydrogen) atoms. The van der Waals surface area contributed by atoms with Crippen molar-refractivity contribution in [3.63, 3.8) is 0 Å². The van der Waals surface area contributed by atoms with Gasteiger partial charge in [-0.2, -0.15) is 0 Å². The Labute approximate surface area is 118 Å². The van der Waals surface area contributed by atoms with Crippen molar-refractivity contribution >= 4 is 27.1 Å². The lowest BCUT2D eigenvalue weighted by Crippen LogP contribution is -2.12. The molecule has 0 bridgehead atoms. The lowest BCUT2D eigenvalue weighted by molar-refractivity contribution is 0.598. The average Bonchev–Trinajstić information content (AvgIpc) is 2.35. The average molecular weight is 291 g/mol. The van der Waals surface area contributed by atoms with E-state index in [2.05, 4.69) is 5.32 Å². The summed E-state index contributed by atoms with van der Waals surface area (Å²) in [6.45, 7) is 4.06. The molecule has 0 unspecified atom stereocenters. The van der Waals surface area contributed by atoms with E-state index in [-0.39, 0.29) is 4.90 Å². The molecule has 0 heterocycles. The summed E-state index contributed by atoms with van der Waals surface area (Å²) in [4.78, 5) is 0.000590. The second kappa shape index (κ2) is 5.15. The number of sulfonamides is 1. The van der Waals surface area contributed by atoms with Crippen molar-refractivity contribution in [2.75, 3.05) is 11.1 Å². The first kappa shape index (κ1) is 14.4. The van der Waals surface area contributed by atoms with Crippen LogP contribution in [0.25, 0.3) is 0 Å². The number of aryl methyl sites for hydroxylation is 2. The van der Waals surface area contributed by atoms with Gasteiger partial charge in [0.15, 0.2) is 0 Å². The van der Waals surface area contributed by atoms with E-state index >= 15 is 0 Å². The normalized spacial score (nSPS) is 11.3. The quantitative estimate of drug-likeness (QED) is 0.755. The molecule has 0 aromatic heterocycles. The number of hydrogen-bond acceptors (Lipinski definition) is 4. The van der Waals surface area contributed by atoms with Gasteiger partial charge in [0.25, 0.3) is 0 Å². The summed E-state index contributed by atoms with van der Waals surface area (Å²) in [7, 11) is -3.74. The van der Waals surface area contributed by atoms with Crippen molar-refractivity contribution < 1.29 is 8.42 Å². The van der Waals surface area contributed by atoms with Crippen LogP contribution in [0.3, 0.4) is 0 Å². The Morgan fingerprint density at radius 2 is 1.70 bits per heavy atom. The first-order chi connectivity index (χ1) is 9.27. The van der Waals surface area contributed by atoms with Gasteiger partial charge in [-0.05, 0) is 55.3 Å². The Morgan fingerprint density at radius 3 is 2.25 bits per heavy atom. The highest BCUT2D eigenvalue weighted by atomic mass is 32.2. The fourth-order valence-electron chi connectivity index (χ4n) is 1.81. The molecule has 2 aromatic carbocycles. The number of hydrogen-bond donors (Lipinski definition) is 3. The largest absolute Gasteiger partial charge is 0.397 e. The monoisotopic (exact) mass is 291 g/mol. The molecule has 0 aliphatic rings. The summed E-state index contributed by atoms with van der Waals surface area (Å²) in [5.41, 5.74) is 10.1. The van der Waals surface area contributed by atoms with Gasteiger partial charge in [0.1, 0.15) is 0 Å². The minimum atomic E-state index is -3.74. The SMILES string of the molecule is Cc1ccc(Nc2ccc(S(N)(=O)=O)cc2N)cc1C. The highest BCUT2D eigenvalue weighted by molar-refractivity contribution is 7.89. The summed E-state index contributed by atoms with van der Waals surface area (Å²) in [5.74, 6) is 0. The number of nitrogens with two attached hydrogens (primary N) is 2. The molecule has 0 spiro atoms. The maximum atomic E-state index is 11.2. The van der Waals surface area contributed by atoms with Crippen LogP contribution in [-0.2, 0) is 10.0 Å². The Balaban J connectivity index is 2.32. The van der Waals surface area contributed by atoms with E-state index in [9.17, 15) is 8.42 Å². The standard InChI is InChI=1S/C14H17N3O2S/c1-9-3-4-11(7-10(9)2)17-14-6-5-12(8-13(14)15)20(16,18)19/h3-8,17H,15H2,1-2H3,(H2,16,18,19). The molecule has 5 N–H and O–H groups in total. The summed E-state index contributed by atoms with van der Waals surface area (Å²) in [5, 5.41) is 8.22. The molecule has 0 aliphatic heterocycles. The second-order valence-corrected chi connectivity index (χ2v) is 6.28. The van der Waals surface area contributed by atoms with Gasteiger partial charge in [-0.15, -0.1) is 0 Å². The first-order valence-corrected chi connectivity index (χ1v) is 7.58. The van der Waals surface area contributed by atoms with Crippen molar-refractivity contribution in [1.82, 2.24) is 0 Å². The molecule has 0 radical (unpaired) electrons.